The Balaban J connectivity index is 1.55. The zero-order valence-electron chi connectivity index (χ0n) is 12.9. The van der Waals surface area contributed by atoms with Gasteiger partial charge in [0.1, 0.15) is 5.82 Å². The van der Waals surface area contributed by atoms with Crippen LogP contribution in [0.25, 0.3) is 11.5 Å². The Kier molecular flexibility index (Phi) is 4.78. The number of nitrogens with zero attached hydrogens (tertiary/aromatic N) is 3. The van der Waals surface area contributed by atoms with Crippen LogP contribution < -0.4 is 0 Å². The first kappa shape index (κ1) is 15.4. The largest absolute Gasteiger partial charge is 0.419 e. The second kappa shape index (κ2) is 7.15. The molecule has 1 aromatic heterocycles. The first-order valence-corrected chi connectivity index (χ1v) is 7.51. The monoisotopic (exact) mass is 311 g/mol. The first-order valence-electron chi connectivity index (χ1n) is 7.51. The normalized spacial score (nSPS) is 11.1. The number of aromatic nitrogens is 2. The molecule has 3 aromatic rings. The van der Waals surface area contributed by atoms with E-state index in [2.05, 4.69) is 15.1 Å². The molecule has 0 aliphatic rings. The maximum Gasteiger partial charge on any atom is 0.247 e. The molecule has 2 aromatic carbocycles. The Morgan fingerprint density at radius 2 is 1.74 bits per heavy atom. The van der Waals surface area contributed by atoms with Crippen LogP contribution in [0.5, 0.6) is 0 Å². The molecule has 0 aliphatic carbocycles. The van der Waals surface area contributed by atoms with Crippen molar-refractivity contribution in [3.63, 3.8) is 0 Å². The molecule has 4 nitrogen and oxygen atoms in total. The predicted octanol–water partition coefficient (Wildman–Crippen LogP) is 3.55. The van der Waals surface area contributed by atoms with Gasteiger partial charge in [-0.05, 0) is 43.3 Å². The van der Waals surface area contributed by atoms with Crippen LogP contribution in [-0.2, 0) is 13.0 Å². The van der Waals surface area contributed by atoms with E-state index in [1.807, 2.05) is 49.5 Å². The second-order valence-corrected chi connectivity index (χ2v) is 5.48. The van der Waals surface area contributed by atoms with Crippen molar-refractivity contribution in [2.45, 2.75) is 13.0 Å². The van der Waals surface area contributed by atoms with E-state index >= 15 is 0 Å². The molecule has 0 N–H and O–H groups in total. The van der Waals surface area contributed by atoms with Crippen LogP contribution in [0.3, 0.4) is 0 Å². The highest BCUT2D eigenvalue weighted by Crippen LogP contribution is 2.17. The summed E-state index contributed by atoms with van der Waals surface area (Å²) >= 11 is 0. The van der Waals surface area contributed by atoms with Crippen molar-refractivity contribution in [2.75, 3.05) is 13.6 Å². The van der Waals surface area contributed by atoms with Gasteiger partial charge in [-0.15, -0.1) is 10.2 Å². The average molecular weight is 311 g/mol. The Bertz CT molecular complexity index is 740. The quantitative estimate of drug-likeness (QED) is 0.698. The zero-order valence-corrected chi connectivity index (χ0v) is 12.9. The summed E-state index contributed by atoms with van der Waals surface area (Å²) in [7, 11) is 2.00. The number of benzene rings is 2. The number of rotatable bonds is 6. The van der Waals surface area contributed by atoms with Gasteiger partial charge in [0, 0.05) is 12.1 Å². The topological polar surface area (TPSA) is 42.2 Å². The van der Waals surface area contributed by atoms with Crippen molar-refractivity contribution >= 4 is 0 Å². The minimum absolute atomic E-state index is 0.207. The molecule has 0 fully saturated rings. The lowest BCUT2D eigenvalue weighted by Crippen LogP contribution is -2.20. The van der Waals surface area contributed by atoms with Crippen molar-refractivity contribution in [1.82, 2.24) is 15.1 Å². The molecular weight excluding hydrogens is 293 g/mol. The summed E-state index contributed by atoms with van der Waals surface area (Å²) in [4.78, 5) is 2.10. The van der Waals surface area contributed by atoms with Crippen molar-refractivity contribution in [3.05, 3.63) is 71.9 Å². The number of hydrogen-bond donors (Lipinski definition) is 0. The van der Waals surface area contributed by atoms with Gasteiger partial charge in [-0.3, -0.25) is 4.90 Å². The number of halogens is 1. The van der Waals surface area contributed by atoms with E-state index in [4.69, 9.17) is 4.42 Å². The maximum atomic E-state index is 12.9. The minimum Gasteiger partial charge on any atom is -0.419 e. The molecule has 0 radical (unpaired) electrons. The highest BCUT2D eigenvalue weighted by atomic mass is 19.1. The van der Waals surface area contributed by atoms with Gasteiger partial charge in [0.15, 0.2) is 0 Å². The van der Waals surface area contributed by atoms with Crippen LogP contribution in [-0.4, -0.2) is 28.7 Å². The van der Waals surface area contributed by atoms with Crippen LogP contribution >= 0.6 is 0 Å². The van der Waals surface area contributed by atoms with Gasteiger partial charge in [0.05, 0.1) is 6.54 Å². The average Bonchev–Trinajstić information content (AvgIpc) is 3.04. The van der Waals surface area contributed by atoms with E-state index in [0.29, 0.717) is 18.3 Å². The van der Waals surface area contributed by atoms with E-state index in [0.717, 1.165) is 24.1 Å². The Hall–Kier alpha value is -2.53. The minimum atomic E-state index is -0.207. The summed E-state index contributed by atoms with van der Waals surface area (Å²) < 4.78 is 18.6. The third kappa shape index (κ3) is 4.23. The molecule has 0 unspecified atom stereocenters. The Morgan fingerprint density at radius 1 is 1.00 bits per heavy atom. The lowest BCUT2D eigenvalue weighted by Gasteiger charge is -2.13. The molecule has 1 heterocycles. The molecule has 0 bridgehead atoms. The smallest absolute Gasteiger partial charge is 0.247 e. The third-order valence-corrected chi connectivity index (χ3v) is 3.59. The SMILES string of the molecule is CN(CCc1ccc(F)cc1)Cc1nnc(-c2ccccc2)o1. The molecule has 0 saturated carbocycles. The summed E-state index contributed by atoms with van der Waals surface area (Å²) in [5.74, 6) is 0.916. The van der Waals surface area contributed by atoms with E-state index in [1.165, 1.54) is 12.1 Å². The van der Waals surface area contributed by atoms with Crippen molar-refractivity contribution in [1.29, 1.82) is 0 Å². The van der Waals surface area contributed by atoms with E-state index in [1.54, 1.807) is 0 Å². The summed E-state index contributed by atoms with van der Waals surface area (Å²) in [5, 5.41) is 8.17. The van der Waals surface area contributed by atoms with Crippen LogP contribution in [0.15, 0.2) is 59.0 Å². The molecule has 0 saturated heterocycles. The summed E-state index contributed by atoms with van der Waals surface area (Å²) in [6.07, 6.45) is 0.844. The van der Waals surface area contributed by atoms with Crippen molar-refractivity contribution in [3.8, 4) is 11.5 Å². The maximum absolute atomic E-state index is 12.9. The standard InChI is InChI=1S/C18H18FN3O/c1-22(12-11-14-7-9-16(19)10-8-14)13-17-20-21-18(23-17)15-5-3-2-4-6-15/h2-10H,11-13H2,1H3. The fraction of sp³-hybridized carbons (Fsp3) is 0.222. The zero-order chi connectivity index (χ0) is 16.1. The number of likely N-dealkylation sites (N-methyl/N-ethyl adjacent to an activating group) is 1. The molecule has 0 amide bonds. The molecular formula is C18H18FN3O. The van der Waals surface area contributed by atoms with Crippen LogP contribution in [0.1, 0.15) is 11.5 Å². The van der Waals surface area contributed by atoms with Gasteiger partial charge in [0.25, 0.3) is 0 Å². The Labute approximate surface area is 134 Å². The molecule has 23 heavy (non-hydrogen) atoms. The van der Waals surface area contributed by atoms with Crippen LogP contribution in [0, 0.1) is 5.82 Å². The van der Waals surface area contributed by atoms with Gasteiger partial charge >= 0.3 is 0 Å². The Morgan fingerprint density at radius 3 is 2.48 bits per heavy atom. The van der Waals surface area contributed by atoms with Crippen molar-refractivity contribution in [2.24, 2.45) is 0 Å². The number of hydrogen-bond acceptors (Lipinski definition) is 4. The van der Waals surface area contributed by atoms with E-state index in [-0.39, 0.29) is 5.82 Å². The van der Waals surface area contributed by atoms with E-state index < -0.39 is 0 Å². The first-order chi connectivity index (χ1) is 11.2. The molecule has 5 heteroatoms. The van der Waals surface area contributed by atoms with Crippen LogP contribution in [0.4, 0.5) is 4.39 Å². The van der Waals surface area contributed by atoms with E-state index in [9.17, 15) is 4.39 Å². The molecule has 118 valence electrons. The van der Waals surface area contributed by atoms with Gasteiger partial charge in [-0.2, -0.15) is 0 Å². The van der Waals surface area contributed by atoms with Gasteiger partial charge in [-0.25, -0.2) is 4.39 Å². The van der Waals surface area contributed by atoms with Crippen LogP contribution in [0.2, 0.25) is 0 Å². The molecule has 0 atom stereocenters. The fourth-order valence-electron chi connectivity index (χ4n) is 2.30. The highest BCUT2D eigenvalue weighted by Gasteiger charge is 2.10. The third-order valence-electron chi connectivity index (χ3n) is 3.59. The second-order valence-electron chi connectivity index (χ2n) is 5.48. The van der Waals surface area contributed by atoms with Gasteiger partial charge in [0.2, 0.25) is 11.8 Å². The van der Waals surface area contributed by atoms with Gasteiger partial charge in [-0.1, -0.05) is 30.3 Å². The van der Waals surface area contributed by atoms with Gasteiger partial charge < -0.3 is 4.42 Å². The predicted molar refractivity (Wildman–Crippen MR) is 86.2 cm³/mol. The lowest BCUT2D eigenvalue weighted by molar-refractivity contribution is 0.293. The highest BCUT2D eigenvalue weighted by molar-refractivity contribution is 5.51. The fourth-order valence-corrected chi connectivity index (χ4v) is 2.30. The summed E-state index contributed by atoms with van der Waals surface area (Å²) in [6, 6.07) is 16.3. The molecule has 0 aliphatic heterocycles. The summed E-state index contributed by atoms with van der Waals surface area (Å²) in [6.45, 7) is 1.41. The van der Waals surface area contributed by atoms with Crippen molar-refractivity contribution < 1.29 is 8.81 Å². The summed E-state index contributed by atoms with van der Waals surface area (Å²) in [5.41, 5.74) is 2.02. The molecule has 3 rings (SSSR count). The molecule has 0 spiro atoms. The lowest BCUT2D eigenvalue weighted by atomic mass is 10.1.